The van der Waals surface area contributed by atoms with E-state index in [1.807, 2.05) is 36.4 Å². The monoisotopic (exact) mass is 383 g/mol. The first-order chi connectivity index (χ1) is 13.2. The number of methoxy groups -OCH3 is 1. The molecule has 0 aliphatic carbocycles. The Kier molecular flexibility index (Phi) is 6.79. The third-order valence-electron chi connectivity index (χ3n) is 4.21. The molecule has 0 amide bonds. The minimum Gasteiger partial charge on any atom is -0.497 e. The zero-order valence-corrected chi connectivity index (χ0v) is 16.8. The molecule has 0 saturated carbocycles. The minimum atomic E-state index is 0.444. The Morgan fingerprint density at radius 2 is 2.04 bits per heavy atom. The summed E-state index contributed by atoms with van der Waals surface area (Å²) in [6, 6.07) is 11.7. The molecule has 0 atom stereocenters. The zero-order chi connectivity index (χ0) is 19.1. The van der Waals surface area contributed by atoms with Crippen molar-refractivity contribution in [1.29, 1.82) is 0 Å². The van der Waals surface area contributed by atoms with Gasteiger partial charge in [0, 0.05) is 29.7 Å². The molecule has 2 aromatic heterocycles. The lowest BCUT2D eigenvalue weighted by atomic mass is 10.2. The molecule has 6 heteroatoms. The summed E-state index contributed by atoms with van der Waals surface area (Å²) >= 11 is 1.77. The number of aromatic nitrogens is 2. The van der Waals surface area contributed by atoms with Crippen molar-refractivity contribution in [3.63, 3.8) is 0 Å². The van der Waals surface area contributed by atoms with E-state index < -0.39 is 0 Å². The molecule has 3 rings (SSSR count). The lowest BCUT2D eigenvalue weighted by Crippen LogP contribution is -2.17. The van der Waals surface area contributed by atoms with E-state index in [2.05, 4.69) is 29.1 Å². The van der Waals surface area contributed by atoms with Crippen LogP contribution >= 0.6 is 11.3 Å². The summed E-state index contributed by atoms with van der Waals surface area (Å²) in [4.78, 5) is 10.1. The fraction of sp³-hybridized carbons (Fsp3) is 0.333. The van der Waals surface area contributed by atoms with E-state index in [4.69, 9.17) is 9.47 Å². The highest BCUT2D eigenvalue weighted by Crippen LogP contribution is 2.25. The first kappa shape index (κ1) is 19.3. The van der Waals surface area contributed by atoms with Crippen LogP contribution in [-0.4, -0.2) is 23.6 Å². The Balaban J connectivity index is 1.59. The number of thiazole rings is 1. The Morgan fingerprint density at radius 3 is 2.74 bits per heavy atom. The summed E-state index contributed by atoms with van der Waals surface area (Å²) in [6.07, 6.45) is 2.75. The summed E-state index contributed by atoms with van der Waals surface area (Å²) in [5.74, 6) is 1.67. The highest BCUT2D eigenvalue weighted by molar-refractivity contribution is 7.11. The van der Waals surface area contributed by atoms with Gasteiger partial charge in [-0.2, -0.15) is 0 Å². The largest absolute Gasteiger partial charge is 0.497 e. The SMILES string of the molecule is COc1ccc(OCc2ccccn2)c(CNCCc2sc(C)nc2C)c1. The number of nitrogens with one attached hydrogen (secondary N) is 1. The van der Waals surface area contributed by atoms with Crippen LogP contribution < -0.4 is 14.8 Å². The standard InChI is InChI=1S/C21H25N3O2S/c1-15-21(27-16(2)24-15)9-11-22-13-17-12-19(25-3)7-8-20(17)26-14-18-6-4-5-10-23-18/h4-8,10,12,22H,9,11,13-14H2,1-3H3. The van der Waals surface area contributed by atoms with Gasteiger partial charge in [0.1, 0.15) is 18.1 Å². The van der Waals surface area contributed by atoms with Gasteiger partial charge in [-0.1, -0.05) is 6.07 Å². The number of pyridine rings is 1. The van der Waals surface area contributed by atoms with Crippen LogP contribution in [0.5, 0.6) is 11.5 Å². The van der Waals surface area contributed by atoms with Gasteiger partial charge in [-0.15, -0.1) is 11.3 Å². The molecule has 0 fully saturated rings. The normalized spacial score (nSPS) is 10.8. The van der Waals surface area contributed by atoms with E-state index in [1.54, 1.807) is 24.6 Å². The van der Waals surface area contributed by atoms with Gasteiger partial charge in [0.15, 0.2) is 0 Å². The second kappa shape index (κ2) is 9.48. The molecule has 0 bridgehead atoms. The molecule has 0 aliphatic rings. The van der Waals surface area contributed by atoms with Crippen LogP contribution in [-0.2, 0) is 19.6 Å². The summed E-state index contributed by atoms with van der Waals surface area (Å²) < 4.78 is 11.4. The molecule has 142 valence electrons. The molecule has 5 nitrogen and oxygen atoms in total. The van der Waals surface area contributed by atoms with Gasteiger partial charge in [-0.05, 0) is 50.6 Å². The Bertz CT molecular complexity index is 865. The fourth-order valence-corrected chi connectivity index (χ4v) is 3.76. The maximum absolute atomic E-state index is 5.99. The maximum atomic E-state index is 5.99. The van der Waals surface area contributed by atoms with Crippen molar-refractivity contribution in [2.45, 2.75) is 33.4 Å². The summed E-state index contributed by atoms with van der Waals surface area (Å²) in [7, 11) is 1.68. The van der Waals surface area contributed by atoms with E-state index >= 15 is 0 Å². The van der Waals surface area contributed by atoms with Crippen molar-refractivity contribution in [1.82, 2.24) is 15.3 Å². The van der Waals surface area contributed by atoms with Crippen molar-refractivity contribution in [2.75, 3.05) is 13.7 Å². The quantitative estimate of drug-likeness (QED) is 0.565. The van der Waals surface area contributed by atoms with Crippen LogP contribution in [0.4, 0.5) is 0 Å². The fourth-order valence-electron chi connectivity index (χ4n) is 2.83. The van der Waals surface area contributed by atoms with Crippen LogP contribution in [0.3, 0.4) is 0 Å². The predicted octanol–water partition coefficient (Wildman–Crippen LogP) is 4.07. The number of hydrogen-bond donors (Lipinski definition) is 1. The smallest absolute Gasteiger partial charge is 0.130 e. The Morgan fingerprint density at radius 1 is 1.15 bits per heavy atom. The van der Waals surface area contributed by atoms with Crippen LogP contribution in [0, 0.1) is 13.8 Å². The van der Waals surface area contributed by atoms with Crippen molar-refractivity contribution in [3.8, 4) is 11.5 Å². The van der Waals surface area contributed by atoms with E-state index in [0.717, 1.165) is 46.4 Å². The van der Waals surface area contributed by atoms with Crippen LogP contribution in [0.25, 0.3) is 0 Å². The second-order valence-electron chi connectivity index (χ2n) is 6.25. The van der Waals surface area contributed by atoms with Gasteiger partial charge in [-0.25, -0.2) is 4.98 Å². The molecule has 2 heterocycles. The number of hydrogen-bond acceptors (Lipinski definition) is 6. The number of nitrogens with zero attached hydrogens (tertiary/aromatic N) is 2. The molecule has 1 N–H and O–H groups in total. The Labute approximate surface area is 164 Å². The third-order valence-corrected chi connectivity index (χ3v) is 5.35. The van der Waals surface area contributed by atoms with Gasteiger partial charge in [0.25, 0.3) is 0 Å². The van der Waals surface area contributed by atoms with Crippen molar-refractivity contribution in [2.24, 2.45) is 0 Å². The molecule has 0 radical (unpaired) electrons. The van der Waals surface area contributed by atoms with Crippen LogP contribution in [0.2, 0.25) is 0 Å². The molecular weight excluding hydrogens is 358 g/mol. The molecule has 0 unspecified atom stereocenters. The Hall–Kier alpha value is -2.44. The first-order valence-corrected chi connectivity index (χ1v) is 9.80. The number of aryl methyl sites for hydroxylation is 2. The summed E-state index contributed by atoms with van der Waals surface area (Å²) in [5.41, 5.74) is 3.12. The van der Waals surface area contributed by atoms with E-state index in [1.165, 1.54) is 4.88 Å². The van der Waals surface area contributed by atoms with Gasteiger partial charge in [0.05, 0.1) is 23.5 Å². The van der Waals surface area contributed by atoms with Gasteiger partial charge in [0.2, 0.25) is 0 Å². The highest BCUT2D eigenvalue weighted by Gasteiger charge is 2.08. The summed E-state index contributed by atoms with van der Waals surface area (Å²) in [6.45, 7) is 6.17. The maximum Gasteiger partial charge on any atom is 0.130 e. The number of benzene rings is 1. The molecule has 1 aromatic carbocycles. The topological polar surface area (TPSA) is 56.3 Å². The van der Waals surface area contributed by atoms with E-state index in [-0.39, 0.29) is 0 Å². The van der Waals surface area contributed by atoms with Crippen molar-refractivity contribution in [3.05, 3.63) is 69.4 Å². The van der Waals surface area contributed by atoms with Gasteiger partial charge < -0.3 is 14.8 Å². The van der Waals surface area contributed by atoms with Crippen molar-refractivity contribution >= 4 is 11.3 Å². The minimum absolute atomic E-state index is 0.444. The van der Waals surface area contributed by atoms with Crippen LogP contribution in [0.15, 0.2) is 42.6 Å². The van der Waals surface area contributed by atoms with Crippen LogP contribution in [0.1, 0.15) is 26.8 Å². The lowest BCUT2D eigenvalue weighted by molar-refractivity contribution is 0.296. The number of rotatable bonds is 9. The molecule has 0 aliphatic heterocycles. The molecule has 3 aromatic rings. The lowest BCUT2D eigenvalue weighted by Gasteiger charge is -2.13. The molecule has 0 spiro atoms. The summed E-state index contributed by atoms with van der Waals surface area (Å²) in [5, 5.41) is 4.63. The van der Waals surface area contributed by atoms with Gasteiger partial charge >= 0.3 is 0 Å². The molecule has 27 heavy (non-hydrogen) atoms. The average molecular weight is 384 g/mol. The third kappa shape index (κ3) is 5.52. The molecular formula is C21H25N3O2S. The second-order valence-corrected chi connectivity index (χ2v) is 7.54. The molecule has 0 saturated heterocycles. The predicted molar refractivity (Wildman–Crippen MR) is 109 cm³/mol. The average Bonchev–Trinajstić information content (AvgIpc) is 3.01. The number of ether oxygens (including phenoxy) is 2. The van der Waals surface area contributed by atoms with E-state index in [9.17, 15) is 0 Å². The first-order valence-electron chi connectivity index (χ1n) is 8.99. The van der Waals surface area contributed by atoms with Gasteiger partial charge in [-0.3, -0.25) is 4.98 Å². The zero-order valence-electron chi connectivity index (χ0n) is 16.0. The van der Waals surface area contributed by atoms with Crippen molar-refractivity contribution < 1.29 is 9.47 Å². The van der Waals surface area contributed by atoms with E-state index in [0.29, 0.717) is 13.2 Å². The highest BCUT2D eigenvalue weighted by atomic mass is 32.1.